The van der Waals surface area contributed by atoms with Crippen LogP contribution < -0.4 is 10.0 Å². The smallest absolute Gasteiger partial charge is 0.215 e. The summed E-state index contributed by atoms with van der Waals surface area (Å²) in [6.07, 6.45) is 2.65. The number of sulfonamides is 1. The van der Waals surface area contributed by atoms with Gasteiger partial charge in [0.05, 0.1) is 5.25 Å². The maximum Gasteiger partial charge on any atom is 0.215 e. The van der Waals surface area contributed by atoms with E-state index < -0.39 is 10.0 Å². The SMILES string of the molecule is O=S(=O)(NCC1CCOCC1)C1CCNC1. The largest absolute Gasteiger partial charge is 0.381 e. The van der Waals surface area contributed by atoms with Crippen molar-refractivity contribution in [2.45, 2.75) is 24.5 Å². The van der Waals surface area contributed by atoms with Crippen LogP contribution in [-0.2, 0) is 14.8 Å². The lowest BCUT2D eigenvalue weighted by atomic mass is 10.0. The lowest BCUT2D eigenvalue weighted by Crippen LogP contribution is -2.39. The minimum absolute atomic E-state index is 0.243. The minimum atomic E-state index is -3.11. The van der Waals surface area contributed by atoms with Gasteiger partial charge in [-0.2, -0.15) is 0 Å². The molecule has 2 rings (SSSR count). The summed E-state index contributed by atoms with van der Waals surface area (Å²) in [4.78, 5) is 0. The van der Waals surface area contributed by atoms with Crippen LogP contribution in [0.3, 0.4) is 0 Å². The third-order valence-electron chi connectivity index (χ3n) is 3.37. The first kappa shape index (κ1) is 12.3. The molecule has 2 saturated heterocycles. The van der Waals surface area contributed by atoms with Crippen LogP contribution in [0.15, 0.2) is 0 Å². The first-order valence-corrected chi connectivity index (χ1v) is 7.50. The third-order valence-corrected chi connectivity index (χ3v) is 5.22. The van der Waals surface area contributed by atoms with Gasteiger partial charge in [0.1, 0.15) is 0 Å². The molecule has 0 aromatic carbocycles. The summed E-state index contributed by atoms with van der Waals surface area (Å²) < 4.78 is 31.8. The number of nitrogens with one attached hydrogen (secondary N) is 2. The Morgan fingerprint density at radius 1 is 1.25 bits per heavy atom. The monoisotopic (exact) mass is 248 g/mol. The molecule has 2 fully saturated rings. The summed E-state index contributed by atoms with van der Waals surface area (Å²) >= 11 is 0. The van der Waals surface area contributed by atoms with Crippen molar-refractivity contribution >= 4 is 10.0 Å². The molecule has 16 heavy (non-hydrogen) atoms. The zero-order valence-corrected chi connectivity index (χ0v) is 10.3. The van der Waals surface area contributed by atoms with Crippen molar-refractivity contribution in [2.75, 3.05) is 32.8 Å². The van der Waals surface area contributed by atoms with E-state index in [1.165, 1.54) is 0 Å². The van der Waals surface area contributed by atoms with Gasteiger partial charge >= 0.3 is 0 Å². The summed E-state index contributed by atoms with van der Waals surface area (Å²) in [7, 11) is -3.11. The van der Waals surface area contributed by atoms with Gasteiger partial charge in [-0.25, -0.2) is 13.1 Å². The number of hydrogen-bond acceptors (Lipinski definition) is 4. The van der Waals surface area contributed by atoms with Gasteiger partial charge in [0, 0.05) is 26.3 Å². The van der Waals surface area contributed by atoms with E-state index in [2.05, 4.69) is 10.0 Å². The third kappa shape index (κ3) is 3.16. The van der Waals surface area contributed by atoms with Crippen molar-refractivity contribution in [2.24, 2.45) is 5.92 Å². The Kier molecular flexibility index (Phi) is 4.18. The quantitative estimate of drug-likeness (QED) is 0.716. The first-order chi connectivity index (χ1) is 7.68. The molecule has 2 N–H and O–H groups in total. The van der Waals surface area contributed by atoms with E-state index in [1.807, 2.05) is 0 Å². The second-order valence-corrected chi connectivity index (χ2v) is 6.61. The minimum Gasteiger partial charge on any atom is -0.381 e. The molecule has 2 aliphatic heterocycles. The molecule has 0 aromatic rings. The topological polar surface area (TPSA) is 67.4 Å². The Hall–Kier alpha value is -0.170. The van der Waals surface area contributed by atoms with Crippen molar-refractivity contribution in [3.05, 3.63) is 0 Å². The fourth-order valence-corrected chi connectivity index (χ4v) is 3.66. The molecule has 6 heteroatoms. The number of hydrogen-bond donors (Lipinski definition) is 2. The molecule has 5 nitrogen and oxygen atoms in total. The Morgan fingerprint density at radius 3 is 2.62 bits per heavy atom. The maximum atomic E-state index is 11.9. The van der Waals surface area contributed by atoms with Gasteiger partial charge in [-0.05, 0) is 31.7 Å². The number of rotatable bonds is 4. The number of ether oxygens (including phenoxy) is 1. The van der Waals surface area contributed by atoms with Crippen molar-refractivity contribution in [3.63, 3.8) is 0 Å². The molecule has 2 heterocycles. The van der Waals surface area contributed by atoms with Crippen LogP contribution in [0.4, 0.5) is 0 Å². The summed E-state index contributed by atoms with van der Waals surface area (Å²) in [5.74, 6) is 0.442. The van der Waals surface area contributed by atoms with E-state index in [4.69, 9.17) is 4.74 Å². The van der Waals surface area contributed by atoms with E-state index in [-0.39, 0.29) is 5.25 Å². The highest BCUT2D eigenvalue weighted by Gasteiger charge is 2.29. The Balaban J connectivity index is 1.79. The van der Waals surface area contributed by atoms with Gasteiger partial charge in [-0.3, -0.25) is 0 Å². The van der Waals surface area contributed by atoms with E-state index >= 15 is 0 Å². The molecular weight excluding hydrogens is 228 g/mol. The summed E-state index contributed by atoms with van der Waals surface area (Å²) in [5, 5.41) is 2.83. The van der Waals surface area contributed by atoms with E-state index in [1.54, 1.807) is 0 Å². The summed E-state index contributed by atoms with van der Waals surface area (Å²) in [5.41, 5.74) is 0. The molecule has 0 saturated carbocycles. The highest BCUT2D eigenvalue weighted by atomic mass is 32.2. The molecule has 0 bridgehead atoms. The van der Waals surface area contributed by atoms with Crippen LogP contribution in [0.25, 0.3) is 0 Å². The molecule has 0 aliphatic carbocycles. The van der Waals surface area contributed by atoms with Crippen LogP contribution in [0, 0.1) is 5.92 Å². The van der Waals surface area contributed by atoms with Crippen LogP contribution in [-0.4, -0.2) is 46.5 Å². The standard InChI is InChI=1S/C10H20N2O3S/c13-16(14,10-1-4-11-8-10)12-7-9-2-5-15-6-3-9/h9-12H,1-8H2. The normalized spacial score (nSPS) is 28.4. The molecule has 0 radical (unpaired) electrons. The van der Waals surface area contributed by atoms with Crippen molar-refractivity contribution in [1.82, 2.24) is 10.0 Å². The highest BCUT2D eigenvalue weighted by Crippen LogP contribution is 2.15. The van der Waals surface area contributed by atoms with Crippen LogP contribution in [0.2, 0.25) is 0 Å². The maximum absolute atomic E-state index is 11.9. The van der Waals surface area contributed by atoms with E-state index in [0.717, 1.165) is 39.0 Å². The highest BCUT2D eigenvalue weighted by molar-refractivity contribution is 7.90. The average molecular weight is 248 g/mol. The van der Waals surface area contributed by atoms with Gasteiger partial charge in [0.2, 0.25) is 10.0 Å². The fraction of sp³-hybridized carbons (Fsp3) is 1.00. The predicted octanol–water partition coefficient (Wildman–Crippen LogP) is -0.306. The molecule has 94 valence electrons. The molecule has 2 aliphatic rings. The van der Waals surface area contributed by atoms with Crippen LogP contribution in [0.1, 0.15) is 19.3 Å². The zero-order chi connectivity index (χ0) is 11.4. The molecule has 0 spiro atoms. The van der Waals surface area contributed by atoms with Crippen LogP contribution in [0.5, 0.6) is 0 Å². The van der Waals surface area contributed by atoms with Crippen molar-refractivity contribution in [1.29, 1.82) is 0 Å². The second-order valence-electron chi connectivity index (χ2n) is 4.56. The molecule has 1 unspecified atom stereocenters. The Bertz CT molecular complexity index is 306. The first-order valence-electron chi connectivity index (χ1n) is 5.95. The lowest BCUT2D eigenvalue weighted by Gasteiger charge is -2.23. The van der Waals surface area contributed by atoms with Gasteiger partial charge in [0.25, 0.3) is 0 Å². The molecule has 1 atom stereocenters. The van der Waals surface area contributed by atoms with Gasteiger partial charge < -0.3 is 10.1 Å². The Labute approximate surface area is 97.0 Å². The molecular formula is C10H20N2O3S. The molecule has 0 aromatic heterocycles. The van der Waals surface area contributed by atoms with E-state index in [9.17, 15) is 8.42 Å². The van der Waals surface area contributed by atoms with Gasteiger partial charge in [-0.1, -0.05) is 0 Å². The van der Waals surface area contributed by atoms with Crippen molar-refractivity contribution in [3.8, 4) is 0 Å². The fourth-order valence-electron chi connectivity index (χ4n) is 2.20. The van der Waals surface area contributed by atoms with Gasteiger partial charge in [0.15, 0.2) is 0 Å². The second kappa shape index (κ2) is 5.44. The van der Waals surface area contributed by atoms with Crippen LogP contribution >= 0.6 is 0 Å². The lowest BCUT2D eigenvalue weighted by molar-refractivity contribution is 0.0678. The summed E-state index contributed by atoms with van der Waals surface area (Å²) in [6.45, 7) is 3.49. The Morgan fingerprint density at radius 2 is 2.00 bits per heavy atom. The molecule has 0 amide bonds. The zero-order valence-electron chi connectivity index (χ0n) is 9.44. The predicted molar refractivity (Wildman–Crippen MR) is 61.7 cm³/mol. The van der Waals surface area contributed by atoms with Crippen molar-refractivity contribution < 1.29 is 13.2 Å². The van der Waals surface area contributed by atoms with Gasteiger partial charge in [-0.15, -0.1) is 0 Å². The average Bonchev–Trinajstić information content (AvgIpc) is 2.82. The van der Waals surface area contributed by atoms with E-state index in [0.29, 0.717) is 19.0 Å². The summed E-state index contributed by atoms with van der Waals surface area (Å²) in [6, 6.07) is 0.